The molecule has 0 radical (unpaired) electrons. The lowest BCUT2D eigenvalue weighted by molar-refractivity contribution is -0.122. The third-order valence-electron chi connectivity index (χ3n) is 2.66. The second-order valence-corrected chi connectivity index (χ2v) is 5.10. The van der Waals surface area contributed by atoms with E-state index in [-0.39, 0.29) is 24.2 Å². The van der Waals surface area contributed by atoms with Gasteiger partial charge in [0, 0.05) is 18.0 Å². The van der Waals surface area contributed by atoms with E-state index < -0.39 is 5.97 Å². The molecule has 1 aliphatic heterocycles. The van der Waals surface area contributed by atoms with Crippen molar-refractivity contribution in [2.75, 3.05) is 11.5 Å². The quantitative estimate of drug-likeness (QED) is 0.834. The molecule has 6 heteroatoms. The maximum atomic E-state index is 11.7. The van der Waals surface area contributed by atoms with Gasteiger partial charge in [-0.05, 0) is 24.3 Å². The first kappa shape index (κ1) is 12.0. The fourth-order valence-electron chi connectivity index (χ4n) is 1.82. The largest absolute Gasteiger partial charge is 0.477 e. The van der Waals surface area contributed by atoms with E-state index in [4.69, 9.17) is 5.11 Å². The molecule has 5 nitrogen and oxygen atoms in total. The molecule has 2 rings (SSSR count). The zero-order valence-corrected chi connectivity index (χ0v) is 10.1. The Labute approximate surface area is 103 Å². The Kier molecular flexibility index (Phi) is 3.73. The summed E-state index contributed by atoms with van der Waals surface area (Å²) >= 11 is 1.82. The highest BCUT2D eigenvalue weighted by Crippen LogP contribution is 2.16. The summed E-state index contributed by atoms with van der Waals surface area (Å²) in [6, 6.07) is 3.35. The Hall–Kier alpha value is -1.43. The van der Waals surface area contributed by atoms with Crippen molar-refractivity contribution >= 4 is 23.6 Å². The van der Waals surface area contributed by atoms with Crippen molar-refractivity contribution in [3.05, 3.63) is 24.0 Å². The Balaban J connectivity index is 1.93. The van der Waals surface area contributed by atoms with Crippen LogP contribution < -0.4 is 5.32 Å². The third kappa shape index (κ3) is 3.03. The number of hydrogen-bond donors (Lipinski definition) is 2. The Morgan fingerprint density at radius 3 is 3.06 bits per heavy atom. The molecule has 17 heavy (non-hydrogen) atoms. The lowest BCUT2D eigenvalue weighted by Gasteiger charge is -2.12. The molecule has 2 heterocycles. The molecule has 1 aromatic heterocycles. The van der Waals surface area contributed by atoms with Gasteiger partial charge in [-0.2, -0.15) is 11.8 Å². The van der Waals surface area contributed by atoms with E-state index in [0.717, 1.165) is 17.9 Å². The van der Waals surface area contributed by atoms with E-state index in [0.29, 0.717) is 0 Å². The molecule has 0 spiro atoms. The minimum absolute atomic E-state index is 0.0653. The van der Waals surface area contributed by atoms with Crippen molar-refractivity contribution in [2.45, 2.75) is 19.0 Å². The molecule has 1 aliphatic rings. The minimum atomic E-state index is -1.01. The molecular weight excluding hydrogens is 240 g/mol. The van der Waals surface area contributed by atoms with Crippen LogP contribution in [0.25, 0.3) is 0 Å². The molecule has 92 valence electrons. The summed E-state index contributed by atoms with van der Waals surface area (Å²) in [6.07, 6.45) is 2.60. The number of hydrogen-bond acceptors (Lipinski definition) is 3. The first-order chi connectivity index (χ1) is 8.16. The summed E-state index contributed by atoms with van der Waals surface area (Å²) < 4.78 is 1.44. The number of thioether (sulfide) groups is 1. The van der Waals surface area contributed by atoms with Crippen LogP contribution >= 0.6 is 11.8 Å². The number of nitrogens with one attached hydrogen (secondary N) is 1. The average molecular weight is 254 g/mol. The molecule has 1 unspecified atom stereocenters. The second kappa shape index (κ2) is 5.27. The smallest absolute Gasteiger partial charge is 0.352 e. The SMILES string of the molecule is O=C(Cn1cccc1C(=O)O)NC1CCSC1. The minimum Gasteiger partial charge on any atom is -0.477 e. The van der Waals surface area contributed by atoms with Gasteiger partial charge in [-0.15, -0.1) is 0 Å². The third-order valence-corrected chi connectivity index (χ3v) is 3.82. The van der Waals surface area contributed by atoms with E-state index in [2.05, 4.69) is 5.32 Å². The molecule has 0 saturated carbocycles. The van der Waals surface area contributed by atoms with Crippen LogP contribution in [0, 0.1) is 0 Å². The van der Waals surface area contributed by atoms with E-state index in [9.17, 15) is 9.59 Å². The van der Waals surface area contributed by atoms with Gasteiger partial charge in [-0.1, -0.05) is 0 Å². The second-order valence-electron chi connectivity index (χ2n) is 3.95. The van der Waals surface area contributed by atoms with Crippen LogP contribution in [0.3, 0.4) is 0 Å². The number of aromatic carboxylic acids is 1. The highest BCUT2D eigenvalue weighted by Gasteiger charge is 2.18. The Bertz CT molecular complexity index is 424. The normalized spacial score (nSPS) is 19.2. The molecule has 1 amide bonds. The van der Waals surface area contributed by atoms with Gasteiger partial charge >= 0.3 is 5.97 Å². The standard InChI is InChI=1S/C11H14N2O3S/c14-10(12-8-3-5-17-7-8)6-13-4-1-2-9(13)11(15)16/h1-2,4,8H,3,5-7H2,(H,12,14)(H,15,16). The van der Waals surface area contributed by atoms with Gasteiger partial charge in [0.15, 0.2) is 0 Å². The van der Waals surface area contributed by atoms with Crippen molar-refractivity contribution in [1.82, 2.24) is 9.88 Å². The van der Waals surface area contributed by atoms with Gasteiger partial charge in [-0.3, -0.25) is 4.79 Å². The molecule has 0 aromatic carbocycles. The number of carboxylic acids is 1. The van der Waals surface area contributed by atoms with Gasteiger partial charge in [0.1, 0.15) is 12.2 Å². The molecule has 0 aliphatic carbocycles. The molecule has 1 atom stereocenters. The fourth-order valence-corrected chi connectivity index (χ4v) is 2.97. The van der Waals surface area contributed by atoms with Gasteiger partial charge < -0.3 is 15.0 Å². The number of rotatable bonds is 4. The summed E-state index contributed by atoms with van der Waals surface area (Å²) in [5, 5.41) is 11.8. The zero-order chi connectivity index (χ0) is 12.3. The summed E-state index contributed by atoms with van der Waals surface area (Å²) in [4.78, 5) is 22.6. The van der Waals surface area contributed by atoms with Gasteiger partial charge in [0.05, 0.1) is 0 Å². The van der Waals surface area contributed by atoms with Crippen LogP contribution in [0.1, 0.15) is 16.9 Å². The first-order valence-corrected chi connectivity index (χ1v) is 6.58. The van der Waals surface area contributed by atoms with E-state index in [1.165, 1.54) is 10.6 Å². The summed E-state index contributed by atoms with van der Waals surface area (Å²) in [5.41, 5.74) is 0.140. The summed E-state index contributed by atoms with van der Waals surface area (Å²) in [5.74, 6) is 0.883. The fraction of sp³-hybridized carbons (Fsp3) is 0.455. The number of carboxylic acid groups (broad SMARTS) is 1. The van der Waals surface area contributed by atoms with Crippen LogP contribution in [0.4, 0.5) is 0 Å². The van der Waals surface area contributed by atoms with Crippen molar-refractivity contribution in [3.63, 3.8) is 0 Å². The number of carbonyl (C=O) groups excluding carboxylic acids is 1. The van der Waals surface area contributed by atoms with Gasteiger partial charge in [0.25, 0.3) is 0 Å². The molecule has 2 N–H and O–H groups in total. The Morgan fingerprint density at radius 1 is 1.59 bits per heavy atom. The lowest BCUT2D eigenvalue weighted by atomic mass is 10.2. The summed E-state index contributed by atoms with van der Waals surface area (Å²) in [7, 11) is 0. The van der Waals surface area contributed by atoms with Crippen LogP contribution in [-0.4, -0.2) is 39.1 Å². The first-order valence-electron chi connectivity index (χ1n) is 5.42. The van der Waals surface area contributed by atoms with Gasteiger partial charge in [-0.25, -0.2) is 4.79 Å². The monoisotopic (exact) mass is 254 g/mol. The lowest BCUT2D eigenvalue weighted by Crippen LogP contribution is -2.37. The molecule has 1 saturated heterocycles. The van der Waals surface area contributed by atoms with Crippen molar-refractivity contribution in [2.24, 2.45) is 0 Å². The molecular formula is C11H14N2O3S. The average Bonchev–Trinajstić information content (AvgIpc) is 2.88. The highest BCUT2D eigenvalue weighted by molar-refractivity contribution is 7.99. The highest BCUT2D eigenvalue weighted by atomic mass is 32.2. The molecule has 1 fully saturated rings. The van der Waals surface area contributed by atoms with E-state index >= 15 is 0 Å². The van der Waals surface area contributed by atoms with Crippen molar-refractivity contribution < 1.29 is 14.7 Å². The van der Waals surface area contributed by atoms with Crippen LogP contribution in [-0.2, 0) is 11.3 Å². The van der Waals surface area contributed by atoms with Gasteiger partial charge in [0.2, 0.25) is 5.91 Å². The van der Waals surface area contributed by atoms with Crippen LogP contribution in [0.5, 0.6) is 0 Å². The van der Waals surface area contributed by atoms with Crippen LogP contribution in [0.15, 0.2) is 18.3 Å². The maximum absolute atomic E-state index is 11.7. The zero-order valence-electron chi connectivity index (χ0n) is 9.26. The molecule has 1 aromatic rings. The van der Waals surface area contributed by atoms with Crippen LogP contribution in [0.2, 0.25) is 0 Å². The van der Waals surface area contributed by atoms with Crippen molar-refractivity contribution in [1.29, 1.82) is 0 Å². The number of nitrogens with zero attached hydrogens (tertiary/aromatic N) is 1. The maximum Gasteiger partial charge on any atom is 0.352 e. The van der Waals surface area contributed by atoms with E-state index in [1.54, 1.807) is 12.3 Å². The topological polar surface area (TPSA) is 71.3 Å². The predicted octanol–water partition coefficient (Wildman–Crippen LogP) is 0.808. The van der Waals surface area contributed by atoms with Crippen molar-refractivity contribution in [3.8, 4) is 0 Å². The van der Waals surface area contributed by atoms with E-state index in [1.807, 2.05) is 11.8 Å². The number of amides is 1. The predicted molar refractivity (Wildman–Crippen MR) is 65.3 cm³/mol. The summed E-state index contributed by atoms with van der Waals surface area (Å²) in [6.45, 7) is 0.0653. The molecule has 0 bridgehead atoms. The Morgan fingerprint density at radius 2 is 2.41 bits per heavy atom. The number of carbonyl (C=O) groups is 2. The number of aromatic nitrogens is 1.